The minimum atomic E-state index is 0.519. The minimum Gasteiger partial charge on any atom is -0.378 e. The highest BCUT2D eigenvalue weighted by atomic mass is 15.1. The van der Waals surface area contributed by atoms with Crippen molar-refractivity contribution < 1.29 is 0 Å². The molecule has 1 aromatic heterocycles. The number of nitrogens with zero attached hydrogens (tertiary/aromatic N) is 4. The third-order valence-electron chi connectivity index (χ3n) is 3.56. The summed E-state index contributed by atoms with van der Waals surface area (Å²) in [5, 5.41) is 12.3. The molecule has 0 amide bonds. The van der Waals surface area contributed by atoms with Gasteiger partial charge in [-0.05, 0) is 36.4 Å². The Kier molecular flexibility index (Phi) is 4.39. The Morgan fingerprint density at radius 3 is 2.67 bits per heavy atom. The first kappa shape index (κ1) is 15.5. The van der Waals surface area contributed by atoms with Gasteiger partial charge in [0.25, 0.3) is 0 Å². The number of benzene rings is 2. The highest BCUT2D eigenvalue weighted by molar-refractivity contribution is 5.65. The molecule has 0 aliphatic heterocycles. The fraction of sp³-hybridized carbons (Fsp3) is 0.105. The van der Waals surface area contributed by atoms with Gasteiger partial charge in [0, 0.05) is 37.2 Å². The van der Waals surface area contributed by atoms with Gasteiger partial charge >= 0.3 is 0 Å². The Hall–Kier alpha value is -3.39. The van der Waals surface area contributed by atoms with E-state index >= 15 is 0 Å². The number of aromatic nitrogens is 2. The van der Waals surface area contributed by atoms with Crippen LogP contribution in [0.1, 0.15) is 5.56 Å². The predicted octanol–water partition coefficient (Wildman–Crippen LogP) is 3.82. The van der Waals surface area contributed by atoms with Crippen LogP contribution in [0.4, 0.5) is 17.3 Å². The van der Waals surface area contributed by atoms with Crippen molar-refractivity contribution in [1.82, 2.24) is 9.97 Å². The van der Waals surface area contributed by atoms with Gasteiger partial charge in [0.05, 0.1) is 17.3 Å². The lowest BCUT2D eigenvalue weighted by atomic mass is 10.1. The van der Waals surface area contributed by atoms with E-state index in [1.54, 1.807) is 12.3 Å². The molecule has 0 aliphatic rings. The first-order valence-electron chi connectivity index (χ1n) is 7.54. The van der Waals surface area contributed by atoms with E-state index < -0.39 is 0 Å². The van der Waals surface area contributed by atoms with Crippen LogP contribution in [0.15, 0.2) is 60.8 Å². The number of hydrogen-bond donors (Lipinski definition) is 1. The zero-order chi connectivity index (χ0) is 16.9. The first-order chi connectivity index (χ1) is 11.7. The van der Waals surface area contributed by atoms with Gasteiger partial charge in [-0.2, -0.15) is 5.26 Å². The Balaban J connectivity index is 1.88. The van der Waals surface area contributed by atoms with Crippen molar-refractivity contribution in [1.29, 1.82) is 5.26 Å². The molecule has 0 atom stereocenters. The van der Waals surface area contributed by atoms with Gasteiger partial charge in [-0.25, -0.2) is 9.97 Å². The molecule has 2 aromatic carbocycles. The van der Waals surface area contributed by atoms with E-state index in [9.17, 15) is 0 Å². The Bertz CT molecular complexity index is 896. The lowest BCUT2D eigenvalue weighted by Gasteiger charge is -2.14. The molecule has 24 heavy (non-hydrogen) atoms. The summed E-state index contributed by atoms with van der Waals surface area (Å²) in [5.41, 5.74) is 4.29. The maximum atomic E-state index is 9.03. The van der Waals surface area contributed by atoms with Crippen LogP contribution in [0.2, 0.25) is 0 Å². The van der Waals surface area contributed by atoms with Crippen molar-refractivity contribution in [2.75, 3.05) is 24.3 Å². The van der Waals surface area contributed by atoms with Crippen LogP contribution in [0.25, 0.3) is 11.3 Å². The van der Waals surface area contributed by atoms with Crippen LogP contribution in [-0.4, -0.2) is 24.1 Å². The quantitative estimate of drug-likeness (QED) is 0.793. The van der Waals surface area contributed by atoms with Crippen molar-refractivity contribution in [2.24, 2.45) is 0 Å². The van der Waals surface area contributed by atoms with Crippen molar-refractivity contribution in [3.8, 4) is 17.3 Å². The fourth-order valence-electron chi connectivity index (χ4n) is 2.32. The number of anilines is 3. The highest BCUT2D eigenvalue weighted by Gasteiger charge is 2.05. The summed E-state index contributed by atoms with van der Waals surface area (Å²) in [4.78, 5) is 10.9. The van der Waals surface area contributed by atoms with E-state index in [1.165, 1.54) is 0 Å². The fourth-order valence-corrected chi connectivity index (χ4v) is 2.32. The first-order valence-corrected chi connectivity index (χ1v) is 7.54. The van der Waals surface area contributed by atoms with E-state index in [-0.39, 0.29) is 0 Å². The summed E-state index contributed by atoms with van der Waals surface area (Å²) < 4.78 is 0. The molecule has 1 N–H and O–H groups in total. The van der Waals surface area contributed by atoms with E-state index in [0.717, 1.165) is 22.6 Å². The monoisotopic (exact) mass is 315 g/mol. The van der Waals surface area contributed by atoms with Crippen LogP contribution >= 0.6 is 0 Å². The summed E-state index contributed by atoms with van der Waals surface area (Å²) in [5.74, 6) is 0.519. The van der Waals surface area contributed by atoms with E-state index in [1.807, 2.05) is 67.5 Å². The summed E-state index contributed by atoms with van der Waals surface area (Å²) in [6, 6.07) is 19.4. The van der Waals surface area contributed by atoms with Crippen LogP contribution in [-0.2, 0) is 0 Å². The van der Waals surface area contributed by atoms with Gasteiger partial charge in [0.15, 0.2) is 0 Å². The summed E-state index contributed by atoms with van der Waals surface area (Å²) in [6.07, 6.45) is 1.71. The zero-order valence-corrected chi connectivity index (χ0v) is 13.6. The average Bonchev–Trinajstić information content (AvgIpc) is 2.62. The van der Waals surface area contributed by atoms with Crippen molar-refractivity contribution in [3.63, 3.8) is 0 Å². The molecule has 0 bridgehead atoms. The Labute approximate surface area is 141 Å². The van der Waals surface area contributed by atoms with Crippen molar-refractivity contribution in [2.45, 2.75) is 0 Å². The SMILES string of the molecule is CN(C)c1cccc(Nc2nccc(-c3cccc(C#N)c3)n2)c1. The third-order valence-corrected chi connectivity index (χ3v) is 3.56. The lowest BCUT2D eigenvalue weighted by molar-refractivity contribution is 1.13. The van der Waals surface area contributed by atoms with Crippen LogP contribution in [0.5, 0.6) is 0 Å². The summed E-state index contributed by atoms with van der Waals surface area (Å²) in [7, 11) is 4.00. The Morgan fingerprint density at radius 1 is 1.04 bits per heavy atom. The molecule has 3 aromatic rings. The molecule has 0 radical (unpaired) electrons. The smallest absolute Gasteiger partial charge is 0.227 e. The Morgan fingerprint density at radius 2 is 1.88 bits per heavy atom. The molecule has 0 unspecified atom stereocenters. The average molecular weight is 315 g/mol. The lowest BCUT2D eigenvalue weighted by Crippen LogP contribution is -2.08. The molecule has 0 fully saturated rings. The maximum Gasteiger partial charge on any atom is 0.227 e. The molecule has 5 heteroatoms. The second-order valence-electron chi connectivity index (χ2n) is 5.53. The molecule has 3 rings (SSSR count). The standard InChI is InChI=1S/C19H17N5/c1-24(2)17-8-4-7-16(12-17)22-19-21-10-9-18(23-19)15-6-3-5-14(11-15)13-20/h3-12H,1-2H3,(H,21,22,23). The highest BCUT2D eigenvalue weighted by Crippen LogP contribution is 2.22. The molecule has 1 heterocycles. The summed E-state index contributed by atoms with van der Waals surface area (Å²) in [6.45, 7) is 0. The molecule has 118 valence electrons. The van der Waals surface area contributed by atoms with E-state index in [0.29, 0.717) is 11.5 Å². The molecule has 0 aliphatic carbocycles. The van der Waals surface area contributed by atoms with Gasteiger partial charge < -0.3 is 10.2 Å². The predicted molar refractivity (Wildman–Crippen MR) is 96.2 cm³/mol. The number of nitrogens with one attached hydrogen (secondary N) is 1. The number of hydrogen-bond acceptors (Lipinski definition) is 5. The van der Waals surface area contributed by atoms with Gasteiger partial charge in [-0.1, -0.05) is 18.2 Å². The van der Waals surface area contributed by atoms with Crippen LogP contribution in [0.3, 0.4) is 0 Å². The van der Waals surface area contributed by atoms with Crippen LogP contribution in [0, 0.1) is 11.3 Å². The topological polar surface area (TPSA) is 64.8 Å². The molecular weight excluding hydrogens is 298 g/mol. The maximum absolute atomic E-state index is 9.03. The van der Waals surface area contributed by atoms with E-state index in [4.69, 9.17) is 5.26 Å². The van der Waals surface area contributed by atoms with Gasteiger partial charge in [-0.15, -0.1) is 0 Å². The minimum absolute atomic E-state index is 0.519. The largest absolute Gasteiger partial charge is 0.378 e. The molecule has 0 saturated carbocycles. The molecule has 0 saturated heterocycles. The second-order valence-corrected chi connectivity index (χ2v) is 5.53. The normalized spacial score (nSPS) is 10.0. The third kappa shape index (κ3) is 3.50. The molecular formula is C19H17N5. The van der Waals surface area contributed by atoms with Crippen LogP contribution < -0.4 is 10.2 Å². The second kappa shape index (κ2) is 6.80. The van der Waals surface area contributed by atoms with Gasteiger partial charge in [0.2, 0.25) is 5.95 Å². The van der Waals surface area contributed by atoms with Crippen molar-refractivity contribution in [3.05, 3.63) is 66.4 Å². The van der Waals surface area contributed by atoms with Gasteiger partial charge in [-0.3, -0.25) is 0 Å². The van der Waals surface area contributed by atoms with Gasteiger partial charge in [0.1, 0.15) is 0 Å². The molecule has 0 spiro atoms. The van der Waals surface area contributed by atoms with E-state index in [2.05, 4.69) is 21.4 Å². The number of nitriles is 1. The number of rotatable bonds is 4. The summed E-state index contributed by atoms with van der Waals surface area (Å²) >= 11 is 0. The van der Waals surface area contributed by atoms with Crippen molar-refractivity contribution >= 4 is 17.3 Å². The molecule has 5 nitrogen and oxygen atoms in total. The zero-order valence-electron chi connectivity index (χ0n) is 13.6.